The molecule has 98 valence electrons. The third-order valence-electron chi connectivity index (χ3n) is 2.64. The van der Waals surface area contributed by atoms with Crippen LogP contribution in [0, 0.1) is 12.3 Å². The first kappa shape index (κ1) is 13.0. The van der Waals surface area contributed by atoms with Gasteiger partial charge in [-0.15, -0.1) is 12.3 Å². The second-order valence-electron chi connectivity index (χ2n) is 4.26. The Balaban J connectivity index is 1.95. The fourth-order valence-corrected chi connectivity index (χ4v) is 1.71. The second kappa shape index (κ2) is 5.96. The number of hydrogen-bond acceptors (Lipinski definition) is 3. The lowest BCUT2D eigenvalue weighted by Crippen LogP contribution is -2.30. The van der Waals surface area contributed by atoms with E-state index in [0.29, 0.717) is 12.2 Å². The average Bonchev–Trinajstić information content (AvgIpc) is 2.83. The van der Waals surface area contributed by atoms with Gasteiger partial charge >= 0.3 is 0 Å². The quantitative estimate of drug-likeness (QED) is 0.662. The molecular weight excluding hydrogens is 242 g/mol. The maximum atomic E-state index is 11.6. The summed E-state index contributed by atoms with van der Waals surface area (Å²) in [6, 6.07) is 5.49. The molecule has 1 amide bonds. The monoisotopic (exact) mass is 257 g/mol. The summed E-state index contributed by atoms with van der Waals surface area (Å²) in [5.41, 5.74) is 0.879. The van der Waals surface area contributed by atoms with E-state index in [4.69, 9.17) is 15.9 Å². The minimum Gasteiger partial charge on any atom is -0.454 e. The number of nitrogens with one attached hydrogen (secondary N) is 1. The number of benzene rings is 1. The summed E-state index contributed by atoms with van der Waals surface area (Å²) in [7, 11) is 0. The Morgan fingerprint density at radius 2 is 2.32 bits per heavy atom. The molecule has 0 saturated carbocycles. The van der Waals surface area contributed by atoms with E-state index in [1.165, 1.54) is 6.08 Å². The molecule has 1 aromatic rings. The molecule has 0 saturated heterocycles. The maximum absolute atomic E-state index is 11.6. The van der Waals surface area contributed by atoms with E-state index in [-0.39, 0.29) is 18.7 Å². The molecule has 0 aromatic heterocycles. The van der Waals surface area contributed by atoms with Gasteiger partial charge in [0.25, 0.3) is 0 Å². The summed E-state index contributed by atoms with van der Waals surface area (Å²) < 4.78 is 10.5. The fraction of sp³-hybridized carbons (Fsp3) is 0.267. The summed E-state index contributed by atoms with van der Waals surface area (Å²) in [6.45, 7) is 2.11. The van der Waals surface area contributed by atoms with Crippen molar-refractivity contribution in [1.82, 2.24) is 5.32 Å². The van der Waals surface area contributed by atoms with Crippen molar-refractivity contribution in [3.05, 3.63) is 29.8 Å². The Morgan fingerprint density at radius 3 is 3.11 bits per heavy atom. The number of rotatable bonds is 4. The van der Waals surface area contributed by atoms with Crippen LogP contribution in [0.5, 0.6) is 11.5 Å². The number of terminal acetylenes is 1. The van der Waals surface area contributed by atoms with Gasteiger partial charge in [0.1, 0.15) is 0 Å². The van der Waals surface area contributed by atoms with Crippen molar-refractivity contribution < 1.29 is 14.3 Å². The molecule has 1 unspecified atom stereocenters. The zero-order chi connectivity index (χ0) is 13.7. The van der Waals surface area contributed by atoms with Crippen LogP contribution in [-0.2, 0) is 4.79 Å². The molecule has 19 heavy (non-hydrogen) atoms. The lowest BCUT2D eigenvalue weighted by molar-refractivity contribution is -0.116. The first-order valence-electron chi connectivity index (χ1n) is 6.00. The summed E-state index contributed by atoms with van der Waals surface area (Å²) in [5, 5.41) is 2.78. The number of ether oxygens (including phenoxy) is 2. The van der Waals surface area contributed by atoms with Crippen LogP contribution in [-0.4, -0.2) is 18.7 Å². The maximum Gasteiger partial charge on any atom is 0.244 e. The second-order valence-corrected chi connectivity index (χ2v) is 4.26. The van der Waals surface area contributed by atoms with Crippen molar-refractivity contribution in [1.29, 1.82) is 0 Å². The SMILES string of the molecule is C#CCC(C)NC(=O)/C=C/c1ccc2c(c1)OCO2. The molecule has 1 aromatic carbocycles. The van der Waals surface area contributed by atoms with Gasteiger partial charge in [0.15, 0.2) is 11.5 Å². The summed E-state index contributed by atoms with van der Waals surface area (Å²) in [5.74, 6) is 3.76. The molecule has 1 aliphatic rings. The third kappa shape index (κ3) is 3.52. The number of amides is 1. The molecule has 1 aliphatic heterocycles. The molecule has 4 heteroatoms. The highest BCUT2D eigenvalue weighted by molar-refractivity contribution is 5.92. The molecule has 1 heterocycles. The van der Waals surface area contributed by atoms with Crippen molar-refractivity contribution in [2.75, 3.05) is 6.79 Å². The van der Waals surface area contributed by atoms with Crippen LogP contribution in [0.3, 0.4) is 0 Å². The highest BCUT2D eigenvalue weighted by Crippen LogP contribution is 2.32. The van der Waals surface area contributed by atoms with Crippen LogP contribution in [0.1, 0.15) is 18.9 Å². The number of carbonyl (C=O) groups is 1. The summed E-state index contributed by atoms with van der Waals surface area (Å²) in [4.78, 5) is 11.6. The van der Waals surface area contributed by atoms with Crippen LogP contribution in [0.4, 0.5) is 0 Å². The van der Waals surface area contributed by atoms with Crippen molar-refractivity contribution in [3.63, 3.8) is 0 Å². The molecule has 4 nitrogen and oxygen atoms in total. The van der Waals surface area contributed by atoms with E-state index in [1.54, 1.807) is 6.08 Å². The lowest BCUT2D eigenvalue weighted by Gasteiger charge is -2.07. The molecule has 2 rings (SSSR count). The van der Waals surface area contributed by atoms with E-state index in [2.05, 4.69) is 11.2 Å². The van der Waals surface area contributed by atoms with Gasteiger partial charge in [-0.1, -0.05) is 6.07 Å². The zero-order valence-electron chi connectivity index (χ0n) is 10.7. The number of hydrogen-bond donors (Lipinski definition) is 1. The minimum atomic E-state index is -0.166. The Labute approximate surface area is 112 Å². The van der Waals surface area contributed by atoms with Crippen molar-refractivity contribution in [3.8, 4) is 23.8 Å². The molecule has 0 aliphatic carbocycles. The van der Waals surface area contributed by atoms with E-state index in [9.17, 15) is 4.79 Å². The van der Waals surface area contributed by atoms with Gasteiger partial charge in [-0.3, -0.25) is 4.79 Å². The van der Waals surface area contributed by atoms with Gasteiger partial charge in [-0.05, 0) is 30.7 Å². The normalized spacial score (nSPS) is 14.1. The predicted molar refractivity (Wildman–Crippen MR) is 72.7 cm³/mol. The molecule has 0 spiro atoms. The van der Waals surface area contributed by atoms with Crippen LogP contribution in [0.15, 0.2) is 24.3 Å². The topological polar surface area (TPSA) is 47.6 Å². The standard InChI is InChI=1S/C15H15NO3/c1-3-4-11(2)16-15(17)8-6-12-5-7-13-14(9-12)19-10-18-13/h1,5-9,11H,4,10H2,2H3,(H,16,17)/b8-6+. The highest BCUT2D eigenvalue weighted by atomic mass is 16.7. The largest absolute Gasteiger partial charge is 0.454 e. The van der Waals surface area contributed by atoms with E-state index >= 15 is 0 Å². The molecule has 1 atom stereocenters. The van der Waals surface area contributed by atoms with Crippen molar-refractivity contribution in [2.45, 2.75) is 19.4 Å². The van der Waals surface area contributed by atoms with Crippen LogP contribution < -0.4 is 14.8 Å². The van der Waals surface area contributed by atoms with Crippen LogP contribution in [0.25, 0.3) is 6.08 Å². The number of carbonyl (C=O) groups excluding carboxylic acids is 1. The Morgan fingerprint density at radius 1 is 1.53 bits per heavy atom. The fourth-order valence-electron chi connectivity index (χ4n) is 1.71. The van der Waals surface area contributed by atoms with Crippen molar-refractivity contribution >= 4 is 12.0 Å². The third-order valence-corrected chi connectivity index (χ3v) is 2.64. The highest BCUT2D eigenvalue weighted by Gasteiger charge is 2.12. The molecule has 0 radical (unpaired) electrons. The van der Waals surface area contributed by atoms with Crippen molar-refractivity contribution in [2.24, 2.45) is 0 Å². The average molecular weight is 257 g/mol. The van der Waals surface area contributed by atoms with Crippen LogP contribution >= 0.6 is 0 Å². The van der Waals surface area contributed by atoms with Gasteiger partial charge in [-0.2, -0.15) is 0 Å². The summed E-state index contributed by atoms with van der Waals surface area (Å²) >= 11 is 0. The smallest absolute Gasteiger partial charge is 0.244 e. The lowest BCUT2D eigenvalue weighted by atomic mass is 10.2. The number of fused-ring (bicyclic) bond motifs is 1. The molecular formula is C15H15NO3. The first-order valence-corrected chi connectivity index (χ1v) is 6.00. The molecule has 0 fully saturated rings. The van der Waals surface area contributed by atoms with E-state index in [1.807, 2.05) is 25.1 Å². The predicted octanol–water partition coefficient (Wildman–Crippen LogP) is 1.96. The van der Waals surface area contributed by atoms with Gasteiger partial charge in [0.2, 0.25) is 12.7 Å². The molecule has 0 bridgehead atoms. The van der Waals surface area contributed by atoms with Gasteiger partial charge in [0.05, 0.1) is 0 Å². The summed E-state index contributed by atoms with van der Waals surface area (Å²) in [6.07, 6.45) is 8.89. The van der Waals surface area contributed by atoms with Gasteiger partial charge < -0.3 is 14.8 Å². The zero-order valence-corrected chi connectivity index (χ0v) is 10.7. The van der Waals surface area contributed by atoms with E-state index in [0.717, 1.165) is 11.3 Å². The van der Waals surface area contributed by atoms with E-state index < -0.39 is 0 Å². The Bertz CT molecular complexity index is 543. The molecule has 1 N–H and O–H groups in total. The first-order chi connectivity index (χ1) is 9.19. The van der Waals surface area contributed by atoms with Crippen LogP contribution in [0.2, 0.25) is 0 Å². The Kier molecular flexibility index (Phi) is 4.09. The van der Waals surface area contributed by atoms with Gasteiger partial charge in [-0.25, -0.2) is 0 Å². The minimum absolute atomic E-state index is 0.0288. The Hall–Kier alpha value is -2.41. The van der Waals surface area contributed by atoms with Gasteiger partial charge in [0, 0.05) is 18.5 Å².